The van der Waals surface area contributed by atoms with E-state index in [-0.39, 0.29) is 24.0 Å². The maximum absolute atomic E-state index is 14.3. The van der Waals surface area contributed by atoms with Crippen molar-refractivity contribution in [1.29, 1.82) is 0 Å². The quantitative estimate of drug-likeness (QED) is 0.546. The van der Waals surface area contributed by atoms with Crippen molar-refractivity contribution in [2.75, 3.05) is 0 Å². The summed E-state index contributed by atoms with van der Waals surface area (Å²) in [6.07, 6.45) is 1.92. The third-order valence-corrected chi connectivity index (χ3v) is 4.76. The van der Waals surface area contributed by atoms with E-state index in [4.69, 9.17) is 14.2 Å². The Morgan fingerprint density at radius 1 is 1.14 bits per heavy atom. The molecule has 1 aliphatic heterocycles. The first-order chi connectivity index (χ1) is 13.2. The highest BCUT2D eigenvalue weighted by atomic mass is 19.1. The van der Waals surface area contributed by atoms with Crippen LogP contribution >= 0.6 is 0 Å². The highest BCUT2D eigenvalue weighted by molar-refractivity contribution is 5.77. The van der Waals surface area contributed by atoms with Gasteiger partial charge in [0.15, 0.2) is 29.0 Å². The summed E-state index contributed by atoms with van der Waals surface area (Å²) in [6.45, 7) is 3.51. The number of ether oxygens (including phenoxy) is 3. The molecule has 2 aromatic rings. The molecule has 0 saturated heterocycles. The fourth-order valence-corrected chi connectivity index (χ4v) is 3.22. The number of fused-ring (bicyclic) bond motifs is 1. The second-order valence-corrected chi connectivity index (χ2v) is 7.75. The summed E-state index contributed by atoms with van der Waals surface area (Å²) < 4.78 is 58.5. The summed E-state index contributed by atoms with van der Waals surface area (Å²) in [5.41, 5.74) is 0.647. The summed E-state index contributed by atoms with van der Waals surface area (Å²) >= 11 is 0. The van der Waals surface area contributed by atoms with Crippen molar-refractivity contribution in [3.63, 3.8) is 0 Å². The minimum atomic E-state index is -0.978. The molecule has 0 unspecified atom stereocenters. The van der Waals surface area contributed by atoms with Gasteiger partial charge < -0.3 is 14.2 Å². The van der Waals surface area contributed by atoms with Crippen LogP contribution in [-0.2, 0) is 17.8 Å². The lowest BCUT2D eigenvalue weighted by Crippen LogP contribution is -2.25. The first-order valence-electron chi connectivity index (χ1n) is 9.06. The summed E-state index contributed by atoms with van der Waals surface area (Å²) in [7, 11) is 0. The molecule has 1 saturated carbocycles. The number of halogens is 3. The zero-order valence-electron chi connectivity index (χ0n) is 15.5. The van der Waals surface area contributed by atoms with Crippen molar-refractivity contribution >= 4 is 5.97 Å². The number of hydrogen-bond acceptors (Lipinski definition) is 4. The van der Waals surface area contributed by atoms with Gasteiger partial charge in [0, 0.05) is 24.1 Å². The molecule has 1 aliphatic carbocycles. The predicted octanol–water partition coefficient (Wildman–Crippen LogP) is 4.71. The summed E-state index contributed by atoms with van der Waals surface area (Å²) in [6, 6.07) is 4.59. The third-order valence-electron chi connectivity index (χ3n) is 4.76. The molecule has 4 rings (SSSR count). The largest absolute Gasteiger partial charge is 0.484 e. The summed E-state index contributed by atoms with van der Waals surface area (Å²) in [5.74, 6) is -3.74. The average molecular weight is 392 g/mol. The van der Waals surface area contributed by atoms with Crippen LogP contribution in [0.25, 0.3) is 0 Å². The Labute approximate surface area is 160 Å². The van der Waals surface area contributed by atoms with E-state index in [1.165, 1.54) is 12.1 Å². The molecule has 1 fully saturated rings. The van der Waals surface area contributed by atoms with Crippen molar-refractivity contribution in [1.82, 2.24) is 0 Å². The first-order valence-corrected chi connectivity index (χ1v) is 9.06. The van der Waals surface area contributed by atoms with Crippen LogP contribution in [0.2, 0.25) is 0 Å². The molecule has 0 atom stereocenters. The molecular formula is C21H19F3O4. The maximum atomic E-state index is 14.3. The van der Waals surface area contributed by atoms with E-state index in [1.54, 1.807) is 0 Å². The monoisotopic (exact) mass is 392 g/mol. The summed E-state index contributed by atoms with van der Waals surface area (Å²) in [4.78, 5) is 11.6. The van der Waals surface area contributed by atoms with E-state index >= 15 is 0 Å². The fraction of sp³-hybridized carbons (Fsp3) is 0.381. The van der Waals surface area contributed by atoms with Gasteiger partial charge in [0.2, 0.25) is 0 Å². The normalized spacial score (nSPS) is 17.0. The SMILES string of the molecule is CC1(C)Cc2c(COc3c(F)cc(OC(=O)C4CC4)cc3F)ccc(F)c2O1. The highest BCUT2D eigenvalue weighted by Crippen LogP contribution is 2.39. The second-order valence-electron chi connectivity index (χ2n) is 7.75. The Kier molecular flexibility index (Phi) is 4.48. The van der Waals surface area contributed by atoms with Crippen LogP contribution in [0.3, 0.4) is 0 Å². The molecule has 148 valence electrons. The molecule has 4 nitrogen and oxygen atoms in total. The number of carbonyl (C=O) groups excluding carboxylic acids is 1. The van der Waals surface area contributed by atoms with Crippen molar-refractivity contribution in [3.05, 3.63) is 52.8 Å². The number of carbonyl (C=O) groups is 1. The number of esters is 1. The molecule has 28 heavy (non-hydrogen) atoms. The number of rotatable bonds is 5. The van der Waals surface area contributed by atoms with Gasteiger partial charge in [0.25, 0.3) is 0 Å². The summed E-state index contributed by atoms with van der Waals surface area (Å²) in [5, 5.41) is 0. The van der Waals surface area contributed by atoms with Gasteiger partial charge in [-0.1, -0.05) is 6.07 Å². The Morgan fingerprint density at radius 2 is 1.82 bits per heavy atom. The maximum Gasteiger partial charge on any atom is 0.314 e. The van der Waals surface area contributed by atoms with Crippen LogP contribution in [0.5, 0.6) is 17.2 Å². The van der Waals surface area contributed by atoms with Crippen molar-refractivity contribution in [3.8, 4) is 17.2 Å². The Balaban J connectivity index is 1.51. The minimum Gasteiger partial charge on any atom is -0.484 e. The molecule has 0 bridgehead atoms. The van der Waals surface area contributed by atoms with Crippen LogP contribution in [-0.4, -0.2) is 11.6 Å². The number of benzene rings is 2. The van der Waals surface area contributed by atoms with E-state index in [2.05, 4.69) is 0 Å². The molecule has 0 radical (unpaired) electrons. The lowest BCUT2D eigenvalue weighted by atomic mass is 9.97. The van der Waals surface area contributed by atoms with E-state index in [0.717, 1.165) is 25.0 Å². The lowest BCUT2D eigenvalue weighted by molar-refractivity contribution is -0.135. The van der Waals surface area contributed by atoms with Gasteiger partial charge in [-0.15, -0.1) is 0 Å². The van der Waals surface area contributed by atoms with Crippen LogP contribution in [0, 0.1) is 23.4 Å². The molecule has 0 N–H and O–H groups in total. The topological polar surface area (TPSA) is 44.8 Å². The van der Waals surface area contributed by atoms with Crippen LogP contribution in [0.15, 0.2) is 24.3 Å². The second kappa shape index (κ2) is 6.72. The first kappa shape index (κ1) is 18.7. The average Bonchev–Trinajstić information content (AvgIpc) is 3.39. The zero-order valence-corrected chi connectivity index (χ0v) is 15.5. The van der Waals surface area contributed by atoms with Gasteiger partial charge in [-0.25, -0.2) is 13.2 Å². The van der Waals surface area contributed by atoms with E-state index < -0.39 is 34.8 Å². The van der Waals surface area contributed by atoms with Crippen LogP contribution in [0.4, 0.5) is 13.2 Å². The van der Waals surface area contributed by atoms with Gasteiger partial charge in [0.05, 0.1) is 5.92 Å². The van der Waals surface area contributed by atoms with E-state index in [9.17, 15) is 18.0 Å². The third kappa shape index (κ3) is 3.66. The molecule has 0 aromatic heterocycles. The Bertz CT molecular complexity index is 928. The lowest BCUT2D eigenvalue weighted by Gasteiger charge is -2.16. The highest BCUT2D eigenvalue weighted by Gasteiger charge is 2.34. The zero-order chi connectivity index (χ0) is 20.1. The number of hydrogen-bond donors (Lipinski definition) is 0. The molecular weight excluding hydrogens is 373 g/mol. The standard InChI is InChI=1S/C21H19F3O4/c1-21(2)9-14-12(5-6-15(22)18(14)28-21)10-26-19-16(23)7-13(8-17(19)24)27-20(25)11-3-4-11/h5-8,11H,3-4,9-10H2,1-2H3. The van der Waals surface area contributed by atoms with E-state index in [0.29, 0.717) is 17.5 Å². The van der Waals surface area contributed by atoms with E-state index in [1.807, 2.05) is 13.8 Å². The molecule has 0 spiro atoms. The molecule has 2 aliphatic rings. The fourth-order valence-electron chi connectivity index (χ4n) is 3.22. The van der Waals surface area contributed by atoms with Crippen molar-refractivity contribution in [2.45, 2.75) is 45.3 Å². The van der Waals surface area contributed by atoms with Crippen LogP contribution in [0.1, 0.15) is 37.8 Å². The Hall–Kier alpha value is -2.70. The smallest absolute Gasteiger partial charge is 0.314 e. The van der Waals surface area contributed by atoms with Crippen molar-refractivity contribution in [2.24, 2.45) is 5.92 Å². The van der Waals surface area contributed by atoms with Gasteiger partial charge in [-0.3, -0.25) is 4.79 Å². The molecule has 2 aromatic carbocycles. The van der Waals surface area contributed by atoms with Gasteiger partial charge in [-0.2, -0.15) is 0 Å². The van der Waals surface area contributed by atoms with Gasteiger partial charge in [-0.05, 0) is 38.3 Å². The molecule has 1 heterocycles. The van der Waals surface area contributed by atoms with Crippen molar-refractivity contribution < 1.29 is 32.2 Å². The predicted molar refractivity (Wildman–Crippen MR) is 93.9 cm³/mol. The molecule has 7 heteroatoms. The Morgan fingerprint density at radius 3 is 2.46 bits per heavy atom. The minimum absolute atomic E-state index is 0.148. The van der Waals surface area contributed by atoms with Crippen LogP contribution < -0.4 is 14.2 Å². The molecule has 0 amide bonds. The van der Waals surface area contributed by atoms with Gasteiger partial charge >= 0.3 is 5.97 Å². The van der Waals surface area contributed by atoms with Gasteiger partial charge in [0.1, 0.15) is 18.0 Å².